The highest BCUT2D eigenvalue weighted by atomic mass is 35.7. The fourth-order valence-corrected chi connectivity index (χ4v) is 4.53. The summed E-state index contributed by atoms with van der Waals surface area (Å²) < 4.78 is 486. The van der Waals surface area contributed by atoms with E-state index in [1.165, 1.54) is 0 Å². The molecule has 0 aliphatic heterocycles. The van der Waals surface area contributed by atoms with Crippen molar-refractivity contribution in [1.82, 2.24) is 0 Å². The molecule has 1 rings (SSSR count). The standard InChI is InChI=1S/C24H3ClF34O4S/c25-64(60,61)6-2-1-4(62-9(28)7(26)11(30,31)13(34,35)15(38,39)17(42,43)19(46,47)21(50,51)23(54,55)56)3-5(6)63-10(29)8(27)12(32,33)14(36,37)16(40,41)18(44,45)20(48,49)22(52,53)24(57,58)59/h1-3H. The van der Waals surface area contributed by atoms with Gasteiger partial charge in [-0.1, -0.05) is 0 Å². The Morgan fingerprint density at radius 3 is 0.906 bits per heavy atom. The summed E-state index contributed by atoms with van der Waals surface area (Å²) >= 11 is 0. The Balaban J connectivity index is 3.96. The molecule has 0 saturated heterocycles. The predicted octanol–water partition coefficient (Wildman–Crippen LogP) is 13.3. The van der Waals surface area contributed by atoms with Crippen LogP contribution in [0.3, 0.4) is 0 Å². The van der Waals surface area contributed by atoms with Crippen LogP contribution in [-0.4, -0.2) is 91.8 Å². The fourth-order valence-electron chi connectivity index (χ4n) is 3.58. The van der Waals surface area contributed by atoms with Crippen LogP contribution in [0.25, 0.3) is 0 Å². The van der Waals surface area contributed by atoms with Gasteiger partial charge in [0.2, 0.25) is 11.7 Å². The Morgan fingerprint density at radius 2 is 0.641 bits per heavy atom. The third kappa shape index (κ3) is 8.32. The molecule has 0 aromatic heterocycles. The molecule has 0 saturated carbocycles. The van der Waals surface area contributed by atoms with Gasteiger partial charge in [-0.3, -0.25) is 0 Å². The molecule has 1 aromatic carbocycles. The number of hydrogen-bond acceptors (Lipinski definition) is 4. The molecule has 0 aliphatic carbocycles. The van der Waals surface area contributed by atoms with Crippen LogP contribution in [0, 0.1) is 0 Å². The van der Waals surface area contributed by atoms with Gasteiger partial charge in [-0.25, -0.2) is 8.42 Å². The maximum atomic E-state index is 14.3. The Labute approximate surface area is 329 Å². The van der Waals surface area contributed by atoms with E-state index < -0.39 is 151 Å². The highest BCUT2D eigenvalue weighted by Crippen LogP contribution is 2.65. The van der Waals surface area contributed by atoms with E-state index in [1.54, 1.807) is 0 Å². The molecular formula is C24H3ClF34O4S. The van der Waals surface area contributed by atoms with Crippen LogP contribution < -0.4 is 9.47 Å². The average Bonchev–Trinajstić information content (AvgIpc) is 3.08. The molecule has 0 N–H and O–H groups in total. The summed E-state index contributed by atoms with van der Waals surface area (Å²) in [6.45, 7) is 0. The summed E-state index contributed by atoms with van der Waals surface area (Å²) in [5, 5.41) is 0. The Kier molecular flexibility index (Phi) is 14.5. The second-order valence-electron chi connectivity index (χ2n) is 11.3. The van der Waals surface area contributed by atoms with Crippen LogP contribution in [0.15, 0.2) is 46.8 Å². The second kappa shape index (κ2) is 15.9. The molecule has 374 valence electrons. The van der Waals surface area contributed by atoms with Crippen molar-refractivity contribution in [2.45, 2.75) is 88.3 Å². The van der Waals surface area contributed by atoms with Crippen LogP contribution in [0.5, 0.6) is 11.5 Å². The molecule has 4 nitrogen and oxygen atoms in total. The summed E-state index contributed by atoms with van der Waals surface area (Å²) in [6, 6.07) is -11.4. The fraction of sp³-hybridized carbons (Fsp3) is 0.583. The molecule has 1 aromatic rings. The topological polar surface area (TPSA) is 52.6 Å². The smallest absolute Gasteiger partial charge is 0.430 e. The van der Waals surface area contributed by atoms with E-state index >= 15 is 0 Å². The van der Waals surface area contributed by atoms with Crippen molar-refractivity contribution >= 4 is 19.7 Å². The number of halogens is 35. The Morgan fingerprint density at radius 1 is 0.391 bits per heavy atom. The molecule has 0 radical (unpaired) electrons. The normalized spacial score (nSPS) is 16.7. The highest BCUT2D eigenvalue weighted by Gasteiger charge is 2.95. The van der Waals surface area contributed by atoms with Crippen LogP contribution in [-0.2, 0) is 9.05 Å². The zero-order chi connectivity index (χ0) is 52.1. The third-order valence-electron chi connectivity index (χ3n) is 7.14. The van der Waals surface area contributed by atoms with E-state index in [1.807, 2.05) is 0 Å². The number of allylic oxidation sites excluding steroid dienone is 2. The molecule has 0 atom stereocenters. The van der Waals surface area contributed by atoms with Crippen molar-refractivity contribution in [3.05, 3.63) is 41.9 Å². The van der Waals surface area contributed by atoms with Crippen molar-refractivity contribution < 1.29 is 167 Å². The monoisotopic (exact) mass is 1070 g/mol. The van der Waals surface area contributed by atoms with Crippen molar-refractivity contribution in [3.63, 3.8) is 0 Å². The summed E-state index contributed by atoms with van der Waals surface area (Å²) in [7, 11) is -1.35. The van der Waals surface area contributed by atoms with E-state index in [0.717, 1.165) is 0 Å². The predicted molar refractivity (Wildman–Crippen MR) is 131 cm³/mol. The molecular weight excluding hydrogens is 1070 g/mol. The molecule has 0 unspecified atom stereocenters. The molecule has 0 bridgehead atoms. The van der Waals surface area contributed by atoms with E-state index in [-0.39, 0.29) is 0 Å². The van der Waals surface area contributed by atoms with Gasteiger partial charge in [0.25, 0.3) is 9.05 Å². The maximum Gasteiger partial charge on any atom is 0.460 e. The summed E-state index contributed by atoms with van der Waals surface area (Å²) in [4.78, 5) is -2.37. The van der Waals surface area contributed by atoms with Crippen LogP contribution >= 0.6 is 10.7 Å². The summed E-state index contributed by atoms with van der Waals surface area (Å²) in [5.41, 5.74) is 0. The van der Waals surface area contributed by atoms with Crippen LogP contribution in [0.1, 0.15) is 0 Å². The molecule has 0 amide bonds. The van der Waals surface area contributed by atoms with Crippen LogP contribution in [0.2, 0.25) is 0 Å². The lowest BCUT2D eigenvalue weighted by molar-refractivity contribution is -0.451. The molecule has 0 spiro atoms. The lowest BCUT2D eigenvalue weighted by Crippen LogP contribution is -2.72. The number of ether oxygens (including phenoxy) is 2. The van der Waals surface area contributed by atoms with Gasteiger partial charge in [0.15, 0.2) is 5.75 Å². The summed E-state index contributed by atoms with van der Waals surface area (Å²) in [5.74, 6) is -122. The molecule has 0 heterocycles. The third-order valence-corrected chi connectivity index (χ3v) is 8.50. The van der Waals surface area contributed by atoms with Gasteiger partial charge in [0.1, 0.15) is 10.6 Å². The van der Waals surface area contributed by atoms with Gasteiger partial charge in [0.05, 0.1) is 0 Å². The number of rotatable bonds is 17. The van der Waals surface area contributed by atoms with Gasteiger partial charge in [-0.15, -0.1) is 0 Å². The van der Waals surface area contributed by atoms with Crippen molar-refractivity contribution in [2.24, 2.45) is 0 Å². The van der Waals surface area contributed by atoms with Crippen molar-refractivity contribution in [2.75, 3.05) is 0 Å². The number of hydrogen-bond donors (Lipinski definition) is 0. The SMILES string of the molecule is O=S(=O)(Cl)c1ccc(OC(F)=C(F)C(F)(F)C(F)(F)C(F)(F)C(F)(F)C(F)(F)C(F)(F)C(F)(F)F)cc1OC(F)=C(F)C(F)(F)C(F)(F)C(F)(F)C(F)(F)C(F)(F)C(F)(F)C(F)(F)F. The Hall–Kier alpha value is -3.84. The molecule has 0 fully saturated rings. The quantitative estimate of drug-likeness (QED) is 0.0886. The Bertz CT molecular complexity index is 2100. The maximum absolute atomic E-state index is 14.3. The summed E-state index contributed by atoms with van der Waals surface area (Å²) in [6.07, 6.45) is -16.2. The molecule has 0 aliphatic rings. The van der Waals surface area contributed by atoms with E-state index in [2.05, 4.69) is 20.2 Å². The first-order chi connectivity index (χ1) is 27.4. The minimum absolute atomic E-state index is 0.603. The molecule has 40 heteroatoms. The largest absolute Gasteiger partial charge is 0.460 e. The van der Waals surface area contributed by atoms with Gasteiger partial charge >= 0.3 is 95.4 Å². The van der Waals surface area contributed by atoms with Gasteiger partial charge < -0.3 is 9.47 Å². The highest BCUT2D eigenvalue weighted by molar-refractivity contribution is 8.13. The van der Waals surface area contributed by atoms with Gasteiger partial charge in [-0.05, 0) is 12.1 Å². The van der Waals surface area contributed by atoms with E-state index in [0.29, 0.717) is 0 Å². The molecule has 64 heavy (non-hydrogen) atoms. The minimum atomic E-state index is -9.14. The van der Waals surface area contributed by atoms with E-state index in [4.69, 9.17) is 0 Å². The zero-order valence-electron chi connectivity index (χ0n) is 27.5. The van der Waals surface area contributed by atoms with Gasteiger partial charge in [0, 0.05) is 16.7 Å². The first-order valence-corrected chi connectivity index (χ1v) is 16.0. The first kappa shape index (κ1) is 58.2. The minimum Gasteiger partial charge on any atom is -0.430 e. The van der Waals surface area contributed by atoms with Crippen LogP contribution in [0.4, 0.5) is 149 Å². The van der Waals surface area contributed by atoms with E-state index in [9.17, 15) is 158 Å². The van der Waals surface area contributed by atoms with Gasteiger partial charge in [-0.2, -0.15) is 149 Å². The first-order valence-electron chi connectivity index (χ1n) is 13.7. The number of benzene rings is 1. The average molecular weight is 1070 g/mol. The lowest BCUT2D eigenvalue weighted by atomic mass is 9.91. The van der Waals surface area contributed by atoms with Crippen molar-refractivity contribution in [1.29, 1.82) is 0 Å². The van der Waals surface area contributed by atoms with Crippen molar-refractivity contribution in [3.8, 4) is 11.5 Å². The lowest BCUT2D eigenvalue weighted by Gasteiger charge is -2.41. The number of alkyl halides is 30. The zero-order valence-corrected chi connectivity index (χ0v) is 29.1. The second-order valence-corrected chi connectivity index (χ2v) is 13.8.